The number of carbonyl (C=O) groups excluding carboxylic acids is 1. The maximum absolute atomic E-state index is 12.1. The first-order valence-corrected chi connectivity index (χ1v) is 8.32. The quantitative estimate of drug-likeness (QED) is 0.753. The molecule has 0 fully saturated rings. The van der Waals surface area contributed by atoms with Crippen LogP contribution in [0.3, 0.4) is 0 Å². The number of benzene rings is 2. The molecule has 1 N–H and O–H groups in total. The van der Waals surface area contributed by atoms with E-state index in [1.54, 1.807) is 38.5 Å². The minimum absolute atomic E-state index is 0.213. The maximum Gasteiger partial charge on any atom is 0.248 e. The number of amides is 1. The molecule has 0 unspecified atom stereocenters. The Bertz CT molecular complexity index is 733. The normalized spacial score (nSPS) is 10.9. The van der Waals surface area contributed by atoms with E-state index in [0.29, 0.717) is 23.1 Å². The minimum atomic E-state index is -0.213. The topological polar surface area (TPSA) is 47.6 Å². The van der Waals surface area contributed by atoms with Crippen molar-refractivity contribution < 1.29 is 14.3 Å². The van der Waals surface area contributed by atoms with Crippen LogP contribution in [0.5, 0.6) is 11.5 Å². The van der Waals surface area contributed by atoms with Crippen LogP contribution in [0.2, 0.25) is 0 Å². The average Bonchev–Trinajstić information content (AvgIpc) is 2.61. The van der Waals surface area contributed by atoms with E-state index >= 15 is 0 Å². The number of carbonyl (C=O) groups is 1. The van der Waals surface area contributed by atoms with Gasteiger partial charge in [0.15, 0.2) is 0 Å². The van der Waals surface area contributed by atoms with Crippen molar-refractivity contribution in [2.75, 3.05) is 19.5 Å². The fraction of sp³-hybridized carbons (Fsp3) is 0.286. The number of hydrogen-bond donors (Lipinski definition) is 1. The Kier molecular flexibility index (Phi) is 6.63. The zero-order valence-corrected chi connectivity index (χ0v) is 15.2. The number of hydrogen-bond acceptors (Lipinski definition) is 3. The zero-order valence-electron chi connectivity index (χ0n) is 15.2. The lowest BCUT2D eigenvalue weighted by atomic mass is 10.0. The minimum Gasteiger partial charge on any atom is -0.497 e. The Balaban J connectivity index is 2.01. The highest BCUT2D eigenvalue weighted by atomic mass is 16.5. The van der Waals surface area contributed by atoms with Gasteiger partial charge < -0.3 is 14.8 Å². The van der Waals surface area contributed by atoms with Gasteiger partial charge in [-0.15, -0.1) is 0 Å². The van der Waals surface area contributed by atoms with Gasteiger partial charge in [-0.25, -0.2) is 0 Å². The van der Waals surface area contributed by atoms with E-state index in [2.05, 4.69) is 31.3 Å². The molecule has 2 aromatic rings. The van der Waals surface area contributed by atoms with Gasteiger partial charge in [-0.2, -0.15) is 0 Å². The fourth-order valence-corrected chi connectivity index (χ4v) is 2.48. The molecule has 2 rings (SSSR count). The van der Waals surface area contributed by atoms with Crippen LogP contribution < -0.4 is 14.8 Å². The fourth-order valence-electron chi connectivity index (χ4n) is 2.48. The summed E-state index contributed by atoms with van der Waals surface area (Å²) in [5.41, 5.74) is 2.90. The van der Waals surface area contributed by atoms with Gasteiger partial charge >= 0.3 is 0 Å². The van der Waals surface area contributed by atoms with E-state index in [1.807, 2.05) is 12.1 Å². The molecule has 0 aliphatic heterocycles. The van der Waals surface area contributed by atoms with E-state index in [-0.39, 0.29) is 5.91 Å². The molecule has 4 heteroatoms. The number of nitrogens with one attached hydrogen (secondary N) is 1. The molecule has 0 radical (unpaired) electrons. The number of anilines is 1. The van der Waals surface area contributed by atoms with E-state index in [1.165, 1.54) is 11.6 Å². The van der Waals surface area contributed by atoms with Crippen molar-refractivity contribution >= 4 is 17.7 Å². The van der Waals surface area contributed by atoms with Crippen LogP contribution in [0.4, 0.5) is 5.69 Å². The maximum atomic E-state index is 12.1. The second-order valence-electron chi connectivity index (χ2n) is 6.23. The Morgan fingerprint density at radius 2 is 1.80 bits per heavy atom. The van der Waals surface area contributed by atoms with E-state index in [0.717, 1.165) is 12.0 Å². The Morgan fingerprint density at radius 1 is 1.08 bits per heavy atom. The molecule has 2 aromatic carbocycles. The van der Waals surface area contributed by atoms with Crippen LogP contribution >= 0.6 is 0 Å². The monoisotopic (exact) mass is 339 g/mol. The van der Waals surface area contributed by atoms with Gasteiger partial charge in [0, 0.05) is 12.1 Å². The third-order valence-corrected chi connectivity index (χ3v) is 3.72. The molecule has 0 spiro atoms. The highest BCUT2D eigenvalue weighted by Crippen LogP contribution is 2.29. The highest BCUT2D eigenvalue weighted by molar-refractivity contribution is 6.02. The molecule has 0 aliphatic rings. The van der Waals surface area contributed by atoms with Gasteiger partial charge in [0.25, 0.3) is 0 Å². The summed E-state index contributed by atoms with van der Waals surface area (Å²) in [6, 6.07) is 13.5. The molecule has 132 valence electrons. The predicted molar refractivity (Wildman–Crippen MR) is 102 cm³/mol. The Labute approximate surface area is 149 Å². The lowest BCUT2D eigenvalue weighted by molar-refractivity contribution is -0.111. The summed E-state index contributed by atoms with van der Waals surface area (Å²) >= 11 is 0. The van der Waals surface area contributed by atoms with Gasteiger partial charge in [0.05, 0.1) is 19.9 Å². The lowest BCUT2D eigenvalue weighted by Gasteiger charge is -2.10. The van der Waals surface area contributed by atoms with Crippen LogP contribution in [0.1, 0.15) is 25.0 Å². The first-order valence-electron chi connectivity index (χ1n) is 8.32. The molecule has 1 amide bonds. The molecule has 0 aliphatic carbocycles. The summed E-state index contributed by atoms with van der Waals surface area (Å²) in [6.45, 7) is 4.40. The van der Waals surface area contributed by atoms with Crippen molar-refractivity contribution in [3.05, 3.63) is 59.7 Å². The molecule has 0 saturated heterocycles. The van der Waals surface area contributed by atoms with E-state index in [9.17, 15) is 4.79 Å². The third-order valence-electron chi connectivity index (χ3n) is 3.72. The van der Waals surface area contributed by atoms with E-state index in [4.69, 9.17) is 9.47 Å². The first-order chi connectivity index (χ1) is 12.0. The molecule has 0 bridgehead atoms. The molecule has 0 saturated carbocycles. The van der Waals surface area contributed by atoms with Crippen molar-refractivity contribution in [2.24, 2.45) is 5.92 Å². The lowest BCUT2D eigenvalue weighted by Crippen LogP contribution is -2.09. The van der Waals surface area contributed by atoms with Gasteiger partial charge in [0.2, 0.25) is 5.91 Å². The van der Waals surface area contributed by atoms with Crippen LogP contribution in [0.15, 0.2) is 48.5 Å². The summed E-state index contributed by atoms with van der Waals surface area (Å²) < 4.78 is 10.4. The predicted octanol–water partition coefficient (Wildman–Crippen LogP) is 4.55. The van der Waals surface area contributed by atoms with Crippen LogP contribution in [0.25, 0.3) is 6.08 Å². The summed E-state index contributed by atoms with van der Waals surface area (Å²) in [6.07, 6.45) is 4.37. The van der Waals surface area contributed by atoms with Crippen molar-refractivity contribution in [3.8, 4) is 11.5 Å². The summed E-state index contributed by atoms with van der Waals surface area (Å²) in [7, 11) is 3.14. The van der Waals surface area contributed by atoms with Crippen molar-refractivity contribution in [1.29, 1.82) is 0 Å². The first kappa shape index (κ1) is 18.6. The van der Waals surface area contributed by atoms with Crippen molar-refractivity contribution in [1.82, 2.24) is 0 Å². The van der Waals surface area contributed by atoms with E-state index < -0.39 is 0 Å². The third kappa shape index (κ3) is 5.68. The summed E-state index contributed by atoms with van der Waals surface area (Å²) in [4.78, 5) is 12.1. The van der Waals surface area contributed by atoms with Crippen molar-refractivity contribution in [2.45, 2.75) is 20.3 Å². The molecule has 25 heavy (non-hydrogen) atoms. The largest absolute Gasteiger partial charge is 0.497 e. The summed E-state index contributed by atoms with van der Waals surface area (Å²) in [5.74, 6) is 1.65. The molecular formula is C21H25NO3. The van der Waals surface area contributed by atoms with Crippen LogP contribution in [-0.4, -0.2) is 20.1 Å². The SMILES string of the molecule is COc1ccc(NC(=O)/C=C\c2ccc(CC(C)C)cc2)c(OC)c1. The standard InChI is InChI=1S/C21H25NO3/c1-15(2)13-17-7-5-16(6-8-17)9-12-21(23)22-19-11-10-18(24-3)14-20(19)25-4/h5-12,14-15H,13H2,1-4H3,(H,22,23)/b12-9-. The zero-order chi connectivity index (χ0) is 18.2. The van der Waals surface area contributed by atoms with Crippen LogP contribution in [0, 0.1) is 5.92 Å². The number of rotatable bonds is 7. The van der Waals surface area contributed by atoms with Crippen molar-refractivity contribution in [3.63, 3.8) is 0 Å². The second-order valence-corrected chi connectivity index (χ2v) is 6.23. The molecule has 0 heterocycles. The smallest absolute Gasteiger partial charge is 0.248 e. The number of methoxy groups -OCH3 is 2. The molecule has 0 aromatic heterocycles. The van der Waals surface area contributed by atoms with Gasteiger partial charge in [-0.1, -0.05) is 38.1 Å². The summed E-state index contributed by atoms with van der Waals surface area (Å²) in [5, 5.41) is 2.81. The van der Waals surface area contributed by atoms with Gasteiger partial charge in [-0.05, 0) is 41.7 Å². The Hall–Kier alpha value is -2.75. The van der Waals surface area contributed by atoms with Gasteiger partial charge in [-0.3, -0.25) is 4.79 Å². The molecular weight excluding hydrogens is 314 g/mol. The number of ether oxygens (including phenoxy) is 2. The average molecular weight is 339 g/mol. The molecule has 4 nitrogen and oxygen atoms in total. The highest BCUT2D eigenvalue weighted by Gasteiger charge is 2.07. The van der Waals surface area contributed by atoms with Crippen LogP contribution in [-0.2, 0) is 11.2 Å². The second kappa shape index (κ2) is 8.92. The molecule has 0 atom stereocenters. The van der Waals surface area contributed by atoms with Gasteiger partial charge in [0.1, 0.15) is 11.5 Å². The Morgan fingerprint density at radius 3 is 2.40 bits per heavy atom.